The Kier molecular flexibility index (Phi) is 6.11. The molecule has 1 atom stereocenters. The molecule has 27 heavy (non-hydrogen) atoms. The number of methoxy groups -OCH3 is 1. The topological polar surface area (TPSA) is 47.4 Å². The zero-order valence-corrected chi connectivity index (χ0v) is 16.7. The molecule has 144 valence electrons. The Labute approximate surface area is 161 Å². The lowest BCUT2D eigenvalue weighted by Gasteiger charge is -2.25. The quantitative estimate of drug-likeness (QED) is 0.578. The molecule has 2 heterocycles. The number of carbonyl (C=O) groups is 1. The fourth-order valence-electron chi connectivity index (χ4n) is 3.97. The molecule has 0 amide bonds. The van der Waals surface area contributed by atoms with Crippen molar-refractivity contribution in [2.45, 2.75) is 39.2 Å². The van der Waals surface area contributed by atoms with Gasteiger partial charge >= 0.3 is 5.97 Å². The summed E-state index contributed by atoms with van der Waals surface area (Å²) in [5.74, 6) is -0.331. The molecule has 1 aliphatic rings. The summed E-state index contributed by atoms with van der Waals surface area (Å²) in [5.41, 5.74) is 6.15. The zero-order valence-electron chi connectivity index (χ0n) is 16.7. The summed E-state index contributed by atoms with van der Waals surface area (Å²) < 4.78 is 6.61. The molecule has 1 aliphatic heterocycles. The molecule has 0 unspecified atom stereocenters. The Morgan fingerprint density at radius 1 is 1.30 bits per heavy atom. The van der Waals surface area contributed by atoms with Crippen LogP contribution in [0.4, 0.5) is 0 Å². The molecule has 0 saturated carbocycles. The smallest absolute Gasteiger partial charge is 0.330 e. The summed E-state index contributed by atoms with van der Waals surface area (Å²) in [5, 5.41) is 4.54. The number of nitrogens with zero attached hydrogens (tertiary/aromatic N) is 3. The molecule has 2 aromatic rings. The maximum absolute atomic E-state index is 11.2. The first-order chi connectivity index (χ1) is 13.0. The third-order valence-electron chi connectivity index (χ3n) is 5.61. The van der Waals surface area contributed by atoms with Crippen molar-refractivity contribution in [2.24, 2.45) is 7.05 Å². The number of hydrogen-bond acceptors (Lipinski definition) is 4. The number of hydrogen-bond donors (Lipinski definition) is 0. The van der Waals surface area contributed by atoms with Crippen molar-refractivity contribution < 1.29 is 9.53 Å². The van der Waals surface area contributed by atoms with Crippen molar-refractivity contribution in [3.05, 3.63) is 58.4 Å². The predicted molar refractivity (Wildman–Crippen MR) is 107 cm³/mol. The normalized spacial score (nSPS) is 17.7. The second-order valence-corrected chi connectivity index (χ2v) is 7.24. The predicted octanol–water partition coefficient (Wildman–Crippen LogP) is 3.60. The first-order valence-corrected chi connectivity index (χ1v) is 9.58. The minimum Gasteiger partial charge on any atom is -0.466 e. The number of carbonyl (C=O) groups excluding carboxylic acids is 1. The van der Waals surface area contributed by atoms with Gasteiger partial charge in [0.25, 0.3) is 0 Å². The molecule has 0 radical (unpaired) electrons. The monoisotopic (exact) mass is 367 g/mol. The van der Waals surface area contributed by atoms with E-state index in [-0.39, 0.29) is 5.97 Å². The van der Waals surface area contributed by atoms with Crippen molar-refractivity contribution >= 4 is 12.0 Å². The van der Waals surface area contributed by atoms with Gasteiger partial charge in [-0.1, -0.05) is 24.3 Å². The van der Waals surface area contributed by atoms with Crippen LogP contribution in [0.25, 0.3) is 6.08 Å². The number of likely N-dealkylation sites (tertiary alicyclic amines) is 1. The Morgan fingerprint density at radius 3 is 2.67 bits per heavy atom. The van der Waals surface area contributed by atoms with Crippen LogP contribution in [0.15, 0.2) is 30.3 Å². The van der Waals surface area contributed by atoms with Crippen LogP contribution in [0.1, 0.15) is 47.0 Å². The number of benzene rings is 1. The van der Waals surface area contributed by atoms with E-state index in [4.69, 9.17) is 0 Å². The van der Waals surface area contributed by atoms with Gasteiger partial charge in [-0.3, -0.25) is 9.58 Å². The van der Waals surface area contributed by atoms with E-state index in [1.54, 1.807) is 6.08 Å². The summed E-state index contributed by atoms with van der Waals surface area (Å²) in [6, 6.07) is 8.98. The SMILES string of the molecule is COC(=O)C=Cc1ccc([C@@H]2CCCN2CCc2c(C)nn(C)c2C)cc1. The minimum atomic E-state index is -0.331. The van der Waals surface area contributed by atoms with Crippen LogP contribution in [-0.4, -0.2) is 40.8 Å². The van der Waals surface area contributed by atoms with Crippen molar-refractivity contribution in [3.8, 4) is 0 Å². The van der Waals surface area contributed by atoms with Gasteiger partial charge in [0.1, 0.15) is 0 Å². The number of esters is 1. The molecule has 0 N–H and O–H groups in total. The first kappa shape index (κ1) is 19.4. The van der Waals surface area contributed by atoms with E-state index >= 15 is 0 Å². The lowest BCUT2D eigenvalue weighted by atomic mass is 10.0. The molecular weight excluding hydrogens is 338 g/mol. The van der Waals surface area contributed by atoms with Gasteiger partial charge in [-0.15, -0.1) is 0 Å². The van der Waals surface area contributed by atoms with Gasteiger partial charge in [0.15, 0.2) is 0 Å². The highest BCUT2D eigenvalue weighted by Crippen LogP contribution is 2.32. The van der Waals surface area contributed by atoms with Gasteiger partial charge in [0, 0.05) is 31.4 Å². The Morgan fingerprint density at radius 2 is 2.04 bits per heavy atom. The van der Waals surface area contributed by atoms with Crippen LogP contribution < -0.4 is 0 Å². The van der Waals surface area contributed by atoms with E-state index in [1.807, 2.05) is 11.7 Å². The van der Waals surface area contributed by atoms with E-state index in [0.29, 0.717) is 6.04 Å². The molecule has 5 nitrogen and oxygen atoms in total. The van der Waals surface area contributed by atoms with E-state index in [0.717, 1.165) is 30.8 Å². The highest BCUT2D eigenvalue weighted by Gasteiger charge is 2.26. The summed E-state index contributed by atoms with van der Waals surface area (Å²) >= 11 is 0. The lowest BCUT2D eigenvalue weighted by molar-refractivity contribution is -0.134. The van der Waals surface area contributed by atoms with Crippen LogP contribution >= 0.6 is 0 Å². The van der Waals surface area contributed by atoms with E-state index in [9.17, 15) is 4.79 Å². The van der Waals surface area contributed by atoms with Crippen LogP contribution in [0.5, 0.6) is 0 Å². The largest absolute Gasteiger partial charge is 0.466 e. The standard InChI is InChI=1S/C22H29N3O2/c1-16-20(17(2)24(3)23-16)13-15-25-14-5-6-21(25)19-10-7-18(8-11-19)9-12-22(26)27-4/h7-12,21H,5-6,13-15H2,1-4H3/t21-/m0/s1. The summed E-state index contributed by atoms with van der Waals surface area (Å²) in [4.78, 5) is 13.8. The lowest BCUT2D eigenvalue weighted by Crippen LogP contribution is -2.26. The van der Waals surface area contributed by atoms with Crippen LogP contribution in [-0.2, 0) is 23.0 Å². The maximum Gasteiger partial charge on any atom is 0.330 e. The molecule has 5 heteroatoms. The molecule has 0 bridgehead atoms. The summed E-state index contributed by atoms with van der Waals surface area (Å²) in [6.07, 6.45) is 6.72. The van der Waals surface area contributed by atoms with Gasteiger partial charge in [-0.2, -0.15) is 5.10 Å². The maximum atomic E-state index is 11.2. The molecule has 1 aromatic carbocycles. The Bertz CT molecular complexity index is 821. The molecule has 3 rings (SSSR count). The number of rotatable bonds is 6. The van der Waals surface area contributed by atoms with Crippen LogP contribution in [0.3, 0.4) is 0 Å². The van der Waals surface area contributed by atoms with E-state index in [1.165, 1.54) is 42.8 Å². The molecule has 1 fully saturated rings. The third kappa shape index (κ3) is 4.48. The van der Waals surface area contributed by atoms with Crippen molar-refractivity contribution in [2.75, 3.05) is 20.2 Å². The average Bonchev–Trinajstić information content (AvgIpc) is 3.23. The fraction of sp³-hybridized carbons (Fsp3) is 0.455. The molecule has 1 saturated heterocycles. The van der Waals surface area contributed by atoms with Crippen LogP contribution in [0, 0.1) is 13.8 Å². The van der Waals surface area contributed by atoms with E-state index < -0.39 is 0 Å². The van der Waals surface area contributed by atoms with Gasteiger partial charge in [0.05, 0.1) is 12.8 Å². The highest BCUT2D eigenvalue weighted by molar-refractivity contribution is 5.86. The number of aryl methyl sites for hydroxylation is 2. The van der Waals surface area contributed by atoms with Gasteiger partial charge < -0.3 is 4.74 Å². The summed E-state index contributed by atoms with van der Waals surface area (Å²) in [6.45, 7) is 6.46. The molecule has 0 spiro atoms. The number of aromatic nitrogens is 2. The summed E-state index contributed by atoms with van der Waals surface area (Å²) in [7, 11) is 3.40. The van der Waals surface area contributed by atoms with E-state index in [2.05, 4.69) is 52.8 Å². The molecule has 1 aromatic heterocycles. The van der Waals surface area contributed by atoms with Crippen molar-refractivity contribution in [1.29, 1.82) is 0 Å². The van der Waals surface area contributed by atoms with Gasteiger partial charge in [0.2, 0.25) is 0 Å². The van der Waals surface area contributed by atoms with Crippen molar-refractivity contribution in [1.82, 2.24) is 14.7 Å². The fourth-order valence-corrected chi connectivity index (χ4v) is 3.97. The Hall–Kier alpha value is -2.40. The average molecular weight is 367 g/mol. The number of ether oxygens (including phenoxy) is 1. The zero-order chi connectivity index (χ0) is 19.4. The van der Waals surface area contributed by atoms with Crippen LogP contribution in [0.2, 0.25) is 0 Å². The van der Waals surface area contributed by atoms with Crippen molar-refractivity contribution in [3.63, 3.8) is 0 Å². The minimum absolute atomic E-state index is 0.331. The molecule has 0 aliphatic carbocycles. The first-order valence-electron chi connectivity index (χ1n) is 9.58. The second-order valence-electron chi connectivity index (χ2n) is 7.24. The Balaban J connectivity index is 1.65. The third-order valence-corrected chi connectivity index (χ3v) is 5.61. The van der Waals surface area contributed by atoms with Gasteiger partial charge in [-0.05, 0) is 62.4 Å². The molecular formula is C22H29N3O2. The second kappa shape index (κ2) is 8.53. The highest BCUT2D eigenvalue weighted by atomic mass is 16.5. The van der Waals surface area contributed by atoms with Gasteiger partial charge in [-0.25, -0.2) is 4.79 Å².